The Morgan fingerprint density at radius 1 is 1.41 bits per heavy atom. The van der Waals surface area contributed by atoms with Crippen LogP contribution in [0.2, 0.25) is 0 Å². The Balaban J connectivity index is 2.21. The number of hydrogen-bond acceptors (Lipinski definition) is 2. The number of oxazole rings is 1. The number of halogens is 3. The van der Waals surface area contributed by atoms with Crippen molar-refractivity contribution in [1.82, 2.24) is 4.98 Å². The first-order valence-electron chi connectivity index (χ1n) is 5.17. The van der Waals surface area contributed by atoms with Gasteiger partial charge in [-0.3, -0.25) is 0 Å². The van der Waals surface area contributed by atoms with Gasteiger partial charge in [0.15, 0.2) is 11.7 Å². The molecule has 2 aromatic rings. The van der Waals surface area contributed by atoms with Crippen LogP contribution in [-0.2, 0) is 6.42 Å². The van der Waals surface area contributed by atoms with Crippen LogP contribution in [0.4, 0.5) is 4.39 Å². The third-order valence-electron chi connectivity index (χ3n) is 2.28. The van der Waals surface area contributed by atoms with E-state index in [0.717, 1.165) is 12.0 Å². The van der Waals surface area contributed by atoms with Gasteiger partial charge in [0.25, 0.3) is 0 Å². The van der Waals surface area contributed by atoms with Crippen molar-refractivity contribution >= 4 is 27.5 Å². The number of aryl methyl sites for hydroxylation is 1. The molecule has 0 unspecified atom stereocenters. The first-order chi connectivity index (χ1) is 8.20. The monoisotopic (exact) mass is 317 g/mol. The highest BCUT2D eigenvalue weighted by Gasteiger charge is 2.08. The molecule has 1 aromatic carbocycles. The smallest absolute Gasteiger partial charge is 0.194 e. The lowest BCUT2D eigenvalue weighted by Crippen LogP contribution is -1.84. The molecular weight excluding hydrogens is 308 g/mol. The van der Waals surface area contributed by atoms with E-state index in [1.165, 1.54) is 6.07 Å². The molecule has 0 atom stereocenters. The summed E-state index contributed by atoms with van der Waals surface area (Å²) in [6, 6.07) is 4.72. The third kappa shape index (κ3) is 3.07. The fourth-order valence-electron chi connectivity index (χ4n) is 1.43. The number of hydrogen-bond donors (Lipinski definition) is 0. The second-order valence-electron chi connectivity index (χ2n) is 3.54. The number of benzene rings is 1. The first kappa shape index (κ1) is 12.6. The summed E-state index contributed by atoms with van der Waals surface area (Å²) in [5.74, 6) is 1.58. The zero-order valence-electron chi connectivity index (χ0n) is 8.92. The molecule has 0 aliphatic carbocycles. The van der Waals surface area contributed by atoms with Crippen LogP contribution in [-0.4, -0.2) is 10.9 Å². The van der Waals surface area contributed by atoms with E-state index in [1.54, 1.807) is 18.3 Å². The predicted molar refractivity (Wildman–Crippen MR) is 68.6 cm³/mol. The summed E-state index contributed by atoms with van der Waals surface area (Å²) >= 11 is 8.73. The molecule has 17 heavy (non-hydrogen) atoms. The number of alkyl halides is 1. The lowest BCUT2D eigenvalue weighted by molar-refractivity contribution is 0.503. The van der Waals surface area contributed by atoms with Crippen LogP contribution in [0.5, 0.6) is 0 Å². The molecule has 0 radical (unpaired) electrons. The van der Waals surface area contributed by atoms with Crippen molar-refractivity contribution in [2.24, 2.45) is 0 Å². The summed E-state index contributed by atoms with van der Waals surface area (Å²) in [5, 5.41) is 0. The van der Waals surface area contributed by atoms with Crippen LogP contribution in [0.3, 0.4) is 0 Å². The first-order valence-corrected chi connectivity index (χ1v) is 6.49. The molecule has 1 heterocycles. The van der Waals surface area contributed by atoms with Gasteiger partial charge < -0.3 is 4.42 Å². The molecule has 0 amide bonds. The zero-order chi connectivity index (χ0) is 12.3. The van der Waals surface area contributed by atoms with Crippen LogP contribution in [0.1, 0.15) is 12.3 Å². The summed E-state index contributed by atoms with van der Waals surface area (Å²) in [5.41, 5.74) is 0.794. The van der Waals surface area contributed by atoms with Crippen LogP contribution < -0.4 is 0 Å². The highest BCUT2D eigenvalue weighted by atomic mass is 79.9. The Hall–Kier alpha value is -0.870. The molecule has 0 N–H and O–H groups in total. The Morgan fingerprint density at radius 3 is 2.94 bits per heavy atom. The van der Waals surface area contributed by atoms with Crippen molar-refractivity contribution in [3.05, 3.63) is 40.6 Å². The second kappa shape index (κ2) is 5.65. The van der Waals surface area contributed by atoms with Crippen molar-refractivity contribution in [2.45, 2.75) is 12.8 Å². The number of nitrogens with zero attached hydrogens (tertiary/aromatic N) is 1. The largest absolute Gasteiger partial charge is 0.441 e. The quantitative estimate of drug-likeness (QED) is 0.780. The molecule has 0 aliphatic heterocycles. The molecule has 0 fully saturated rings. The van der Waals surface area contributed by atoms with E-state index in [2.05, 4.69) is 20.9 Å². The molecule has 2 rings (SSSR count). The third-order valence-corrected chi connectivity index (χ3v) is 3.16. The van der Waals surface area contributed by atoms with E-state index in [1.807, 2.05) is 0 Å². The average Bonchev–Trinajstić information content (AvgIpc) is 2.79. The number of aromatic nitrogens is 1. The van der Waals surface area contributed by atoms with Crippen LogP contribution in [0.15, 0.2) is 33.3 Å². The lowest BCUT2D eigenvalue weighted by atomic mass is 10.2. The van der Waals surface area contributed by atoms with E-state index in [-0.39, 0.29) is 5.82 Å². The van der Waals surface area contributed by atoms with Gasteiger partial charge in [0.2, 0.25) is 0 Å². The molecule has 0 spiro atoms. The normalized spacial score (nSPS) is 10.8. The van der Waals surface area contributed by atoms with E-state index in [9.17, 15) is 4.39 Å². The molecular formula is C12H10BrClFNO. The van der Waals surface area contributed by atoms with Crippen LogP contribution in [0.25, 0.3) is 11.3 Å². The van der Waals surface area contributed by atoms with Gasteiger partial charge in [-0.05, 0) is 40.5 Å². The van der Waals surface area contributed by atoms with Crippen LogP contribution >= 0.6 is 27.5 Å². The van der Waals surface area contributed by atoms with Crippen molar-refractivity contribution < 1.29 is 8.81 Å². The van der Waals surface area contributed by atoms with Gasteiger partial charge in [0.1, 0.15) is 5.82 Å². The Morgan fingerprint density at radius 2 is 2.24 bits per heavy atom. The maximum absolute atomic E-state index is 13.1. The fourth-order valence-corrected chi connectivity index (χ4v) is 1.94. The summed E-state index contributed by atoms with van der Waals surface area (Å²) in [7, 11) is 0. The minimum atomic E-state index is -0.296. The molecule has 1 aromatic heterocycles. The van der Waals surface area contributed by atoms with Gasteiger partial charge in [-0.1, -0.05) is 0 Å². The van der Waals surface area contributed by atoms with E-state index in [0.29, 0.717) is 28.4 Å². The van der Waals surface area contributed by atoms with Gasteiger partial charge in [-0.15, -0.1) is 11.6 Å². The minimum Gasteiger partial charge on any atom is -0.441 e. The highest BCUT2D eigenvalue weighted by molar-refractivity contribution is 9.10. The fraction of sp³-hybridized carbons (Fsp3) is 0.250. The molecule has 0 aliphatic rings. The highest BCUT2D eigenvalue weighted by Crippen LogP contribution is 2.26. The molecule has 5 heteroatoms. The minimum absolute atomic E-state index is 0.296. The lowest BCUT2D eigenvalue weighted by Gasteiger charge is -1.98. The summed E-state index contributed by atoms with van der Waals surface area (Å²) < 4.78 is 19.0. The van der Waals surface area contributed by atoms with E-state index in [4.69, 9.17) is 16.0 Å². The summed E-state index contributed by atoms with van der Waals surface area (Å²) in [4.78, 5) is 4.15. The standard InChI is InChI=1S/C12H10BrClFNO/c13-9-6-8(3-4-10(9)15)11-7-16-12(17-11)2-1-5-14/h3-4,6-7H,1-2,5H2. The maximum Gasteiger partial charge on any atom is 0.194 e. The van der Waals surface area contributed by atoms with Gasteiger partial charge in [0.05, 0.1) is 10.7 Å². The number of rotatable bonds is 4. The van der Waals surface area contributed by atoms with E-state index < -0.39 is 0 Å². The Bertz CT molecular complexity index is 515. The van der Waals surface area contributed by atoms with Crippen molar-refractivity contribution in [3.8, 4) is 11.3 Å². The van der Waals surface area contributed by atoms with Crippen LogP contribution in [0, 0.1) is 5.82 Å². The van der Waals surface area contributed by atoms with Crippen molar-refractivity contribution in [3.63, 3.8) is 0 Å². The van der Waals surface area contributed by atoms with E-state index >= 15 is 0 Å². The second-order valence-corrected chi connectivity index (χ2v) is 4.77. The van der Waals surface area contributed by atoms with Gasteiger partial charge in [-0.2, -0.15) is 0 Å². The molecule has 0 saturated heterocycles. The predicted octanol–water partition coefficient (Wildman–Crippen LogP) is 4.41. The Labute approximate surface area is 112 Å². The summed E-state index contributed by atoms with van der Waals surface area (Å²) in [6.07, 6.45) is 3.18. The molecule has 90 valence electrons. The van der Waals surface area contributed by atoms with Gasteiger partial charge in [0, 0.05) is 17.9 Å². The van der Waals surface area contributed by atoms with Gasteiger partial charge >= 0.3 is 0 Å². The molecule has 0 bridgehead atoms. The van der Waals surface area contributed by atoms with Crippen molar-refractivity contribution in [1.29, 1.82) is 0 Å². The Kier molecular flexibility index (Phi) is 4.18. The van der Waals surface area contributed by atoms with Gasteiger partial charge in [-0.25, -0.2) is 9.37 Å². The maximum atomic E-state index is 13.1. The SMILES string of the molecule is Fc1ccc(-c2cnc(CCCCl)o2)cc1Br. The zero-order valence-corrected chi connectivity index (χ0v) is 11.3. The molecule has 2 nitrogen and oxygen atoms in total. The molecule has 0 saturated carbocycles. The summed E-state index contributed by atoms with van der Waals surface area (Å²) in [6.45, 7) is 0. The average molecular weight is 319 g/mol. The topological polar surface area (TPSA) is 26.0 Å². The van der Waals surface area contributed by atoms with Crippen molar-refractivity contribution in [2.75, 3.05) is 5.88 Å².